The molecule has 0 aliphatic rings. The minimum atomic E-state index is 0.469. The Bertz CT molecular complexity index is 410. The zero-order valence-corrected chi connectivity index (χ0v) is 10.2. The van der Waals surface area contributed by atoms with Crippen molar-refractivity contribution in [3.8, 4) is 6.19 Å². The summed E-state index contributed by atoms with van der Waals surface area (Å²) in [6.07, 6.45) is 3.47. The van der Waals surface area contributed by atoms with Crippen LogP contribution in [0.4, 0.5) is 0 Å². The average Bonchev–Trinajstić information content (AvgIpc) is 2.31. The average molecular weight is 253 g/mol. The number of hydrogen-bond acceptors (Lipinski definition) is 4. The Balaban J connectivity index is 2.19. The number of nitrogens with one attached hydrogen (secondary N) is 1. The van der Waals surface area contributed by atoms with Crippen LogP contribution in [0.5, 0.6) is 0 Å². The van der Waals surface area contributed by atoms with Gasteiger partial charge in [-0.05, 0) is 18.6 Å². The summed E-state index contributed by atoms with van der Waals surface area (Å²) in [6.45, 7) is 3.21. The number of nitriles is 1. The van der Waals surface area contributed by atoms with Gasteiger partial charge in [-0.2, -0.15) is 5.26 Å². The zero-order chi connectivity index (χ0) is 12.5. The SMILES string of the molecule is CC(=NCCOCc1ccc(Cl)nc1)NC#N. The van der Waals surface area contributed by atoms with Gasteiger partial charge in [-0.15, -0.1) is 0 Å². The molecule has 1 aromatic heterocycles. The van der Waals surface area contributed by atoms with Crippen molar-refractivity contribution in [1.29, 1.82) is 5.26 Å². The van der Waals surface area contributed by atoms with Gasteiger partial charge in [0, 0.05) is 6.20 Å². The summed E-state index contributed by atoms with van der Waals surface area (Å²) >= 11 is 5.66. The highest BCUT2D eigenvalue weighted by atomic mass is 35.5. The zero-order valence-electron chi connectivity index (χ0n) is 9.48. The van der Waals surface area contributed by atoms with E-state index in [-0.39, 0.29) is 0 Å². The van der Waals surface area contributed by atoms with E-state index < -0.39 is 0 Å². The van der Waals surface area contributed by atoms with Crippen molar-refractivity contribution in [2.45, 2.75) is 13.5 Å². The topological polar surface area (TPSA) is 70.3 Å². The lowest BCUT2D eigenvalue weighted by Gasteiger charge is -2.02. The predicted octanol–water partition coefficient (Wildman–Crippen LogP) is 1.74. The Morgan fingerprint density at radius 2 is 2.47 bits per heavy atom. The second kappa shape index (κ2) is 7.60. The number of rotatable bonds is 5. The van der Waals surface area contributed by atoms with Gasteiger partial charge in [0.2, 0.25) is 0 Å². The summed E-state index contributed by atoms with van der Waals surface area (Å²) in [7, 11) is 0. The highest BCUT2D eigenvalue weighted by Crippen LogP contribution is 2.05. The van der Waals surface area contributed by atoms with E-state index in [1.165, 1.54) is 0 Å². The van der Waals surface area contributed by atoms with Crippen LogP contribution in [-0.2, 0) is 11.3 Å². The van der Waals surface area contributed by atoms with Crippen LogP contribution in [0, 0.1) is 11.5 Å². The van der Waals surface area contributed by atoms with Gasteiger partial charge in [-0.25, -0.2) is 4.98 Å². The molecule has 1 N–H and O–H groups in total. The van der Waals surface area contributed by atoms with Crippen molar-refractivity contribution in [2.24, 2.45) is 4.99 Å². The molecular formula is C11H13ClN4O. The Labute approximate surface area is 105 Å². The number of amidine groups is 1. The van der Waals surface area contributed by atoms with Gasteiger partial charge in [0.1, 0.15) is 11.0 Å². The van der Waals surface area contributed by atoms with Crippen LogP contribution in [0.2, 0.25) is 5.15 Å². The number of nitrogens with zero attached hydrogens (tertiary/aromatic N) is 3. The van der Waals surface area contributed by atoms with Gasteiger partial charge < -0.3 is 4.74 Å². The number of pyridine rings is 1. The molecule has 0 spiro atoms. The third-order valence-corrected chi connectivity index (χ3v) is 2.10. The highest BCUT2D eigenvalue weighted by molar-refractivity contribution is 6.29. The van der Waals surface area contributed by atoms with Crippen LogP contribution < -0.4 is 5.32 Å². The van der Waals surface area contributed by atoms with E-state index >= 15 is 0 Å². The van der Waals surface area contributed by atoms with Crippen molar-refractivity contribution in [3.05, 3.63) is 29.0 Å². The molecule has 1 aromatic rings. The quantitative estimate of drug-likeness (QED) is 0.216. The summed E-state index contributed by atoms with van der Waals surface area (Å²) in [6, 6.07) is 3.58. The van der Waals surface area contributed by atoms with E-state index in [0.29, 0.717) is 30.7 Å². The van der Waals surface area contributed by atoms with Gasteiger partial charge in [-0.3, -0.25) is 10.3 Å². The molecule has 17 heavy (non-hydrogen) atoms. The molecular weight excluding hydrogens is 240 g/mol. The van der Waals surface area contributed by atoms with Crippen LogP contribution in [0.25, 0.3) is 0 Å². The van der Waals surface area contributed by atoms with Gasteiger partial charge in [0.15, 0.2) is 6.19 Å². The largest absolute Gasteiger partial charge is 0.375 e. The minimum absolute atomic E-state index is 0.469. The summed E-state index contributed by atoms with van der Waals surface area (Å²) in [4.78, 5) is 8.02. The second-order valence-electron chi connectivity index (χ2n) is 3.25. The lowest BCUT2D eigenvalue weighted by atomic mass is 10.3. The van der Waals surface area contributed by atoms with E-state index in [4.69, 9.17) is 21.6 Å². The molecule has 6 heteroatoms. The number of hydrogen-bond donors (Lipinski definition) is 1. The monoisotopic (exact) mass is 252 g/mol. The van der Waals surface area contributed by atoms with E-state index in [9.17, 15) is 0 Å². The number of ether oxygens (including phenoxy) is 1. The number of aliphatic imine (C=N–C) groups is 1. The fraction of sp³-hybridized carbons (Fsp3) is 0.364. The molecule has 0 aliphatic heterocycles. The molecule has 0 saturated carbocycles. The fourth-order valence-corrected chi connectivity index (χ4v) is 1.19. The summed E-state index contributed by atoms with van der Waals surface area (Å²) in [5.74, 6) is 0.587. The number of halogens is 1. The first kappa shape index (κ1) is 13.4. The molecule has 0 saturated heterocycles. The lowest BCUT2D eigenvalue weighted by molar-refractivity contribution is 0.128. The van der Waals surface area contributed by atoms with E-state index in [2.05, 4.69) is 15.3 Å². The second-order valence-corrected chi connectivity index (χ2v) is 3.63. The Kier molecular flexibility index (Phi) is 6.00. The van der Waals surface area contributed by atoms with Crippen molar-refractivity contribution in [1.82, 2.24) is 10.3 Å². The summed E-state index contributed by atoms with van der Waals surface area (Å²) in [5.41, 5.74) is 0.963. The van der Waals surface area contributed by atoms with Crippen molar-refractivity contribution in [3.63, 3.8) is 0 Å². The maximum absolute atomic E-state index is 8.32. The first-order chi connectivity index (χ1) is 8.22. The van der Waals surface area contributed by atoms with E-state index in [0.717, 1.165) is 5.56 Å². The van der Waals surface area contributed by atoms with Crippen molar-refractivity contribution in [2.75, 3.05) is 13.2 Å². The molecule has 0 atom stereocenters. The molecule has 0 fully saturated rings. The Hall–Kier alpha value is -1.64. The molecule has 5 nitrogen and oxygen atoms in total. The molecule has 1 rings (SSSR count). The van der Waals surface area contributed by atoms with Crippen LogP contribution in [0.3, 0.4) is 0 Å². The molecule has 0 unspecified atom stereocenters. The molecule has 0 aliphatic carbocycles. The first-order valence-electron chi connectivity index (χ1n) is 5.06. The van der Waals surface area contributed by atoms with E-state index in [1.54, 1.807) is 25.4 Å². The van der Waals surface area contributed by atoms with Crippen LogP contribution in [0.1, 0.15) is 12.5 Å². The maximum Gasteiger partial charge on any atom is 0.182 e. The van der Waals surface area contributed by atoms with Gasteiger partial charge in [-0.1, -0.05) is 17.7 Å². The summed E-state index contributed by atoms with van der Waals surface area (Å²) < 4.78 is 5.39. The van der Waals surface area contributed by atoms with Crippen LogP contribution in [0.15, 0.2) is 23.3 Å². The number of aromatic nitrogens is 1. The molecule has 0 aromatic carbocycles. The smallest absolute Gasteiger partial charge is 0.182 e. The maximum atomic E-state index is 8.32. The molecule has 90 valence electrons. The van der Waals surface area contributed by atoms with Crippen molar-refractivity contribution < 1.29 is 4.74 Å². The van der Waals surface area contributed by atoms with Gasteiger partial charge >= 0.3 is 0 Å². The highest BCUT2D eigenvalue weighted by Gasteiger charge is 1.94. The summed E-state index contributed by atoms with van der Waals surface area (Å²) in [5, 5.41) is 11.2. The third-order valence-electron chi connectivity index (χ3n) is 1.88. The van der Waals surface area contributed by atoms with Gasteiger partial charge in [0.05, 0.1) is 19.8 Å². The minimum Gasteiger partial charge on any atom is -0.375 e. The standard InChI is InChI=1S/C11H13ClN4O/c1-9(16-8-13)14-4-5-17-7-10-2-3-11(12)15-6-10/h2-3,6H,4-5,7H2,1H3,(H,14,16). The predicted molar refractivity (Wildman–Crippen MR) is 65.6 cm³/mol. The fourth-order valence-electron chi connectivity index (χ4n) is 1.08. The molecule has 0 radical (unpaired) electrons. The Morgan fingerprint density at radius 1 is 1.65 bits per heavy atom. The molecule has 0 amide bonds. The molecule has 0 bridgehead atoms. The van der Waals surface area contributed by atoms with E-state index in [1.807, 2.05) is 6.07 Å². The van der Waals surface area contributed by atoms with Crippen molar-refractivity contribution >= 4 is 17.4 Å². The lowest BCUT2D eigenvalue weighted by Crippen LogP contribution is -2.14. The van der Waals surface area contributed by atoms with Crippen LogP contribution >= 0.6 is 11.6 Å². The normalized spacial score (nSPS) is 11.0. The third kappa shape index (κ3) is 5.85. The van der Waals surface area contributed by atoms with Crippen LogP contribution in [-0.4, -0.2) is 24.0 Å². The first-order valence-corrected chi connectivity index (χ1v) is 5.44. The molecule has 1 heterocycles. The Morgan fingerprint density at radius 3 is 3.12 bits per heavy atom. The van der Waals surface area contributed by atoms with Gasteiger partial charge in [0.25, 0.3) is 0 Å².